The molecule has 0 bridgehead atoms. The van der Waals surface area contributed by atoms with E-state index in [2.05, 4.69) is 34.9 Å². The van der Waals surface area contributed by atoms with Crippen LogP contribution < -0.4 is 10.6 Å². The van der Waals surface area contributed by atoms with E-state index in [0.717, 1.165) is 11.1 Å². The summed E-state index contributed by atoms with van der Waals surface area (Å²) in [6.07, 6.45) is 0.345. The number of benzene rings is 2. The first-order valence-corrected chi connectivity index (χ1v) is 12.1. The Kier molecular flexibility index (Phi) is 7.88. The fraction of sp³-hybridized carbons (Fsp3) is 0.464. The molecule has 1 aliphatic rings. The van der Waals surface area contributed by atoms with Crippen LogP contribution in [0.15, 0.2) is 48.5 Å². The van der Waals surface area contributed by atoms with Gasteiger partial charge >= 0.3 is 12.1 Å². The summed E-state index contributed by atoms with van der Waals surface area (Å²) in [6.45, 7) is 9.06. The van der Waals surface area contributed by atoms with Crippen LogP contribution in [0, 0.1) is 11.3 Å². The van der Waals surface area contributed by atoms with Crippen molar-refractivity contribution in [3.8, 4) is 11.1 Å². The molecule has 0 aromatic heterocycles. The third-order valence-electron chi connectivity index (χ3n) is 7.48. The predicted octanol–water partition coefficient (Wildman–Crippen LogP) is 4.95. The highest BCUT2D eigenvalue weighted by Gasteiger charge is 2.44. The van der Waals surface area contributed by atoms with Crippen LogP contribution >= 0.6 is 0 Å². The van der Waals surface area contributed by atoms with Crippen molar-refractivity contribution in [2.75, 3.05) is 13.2 Å². The second-order valence-electron chi connectivity index (χ2n) is 10.3. The molecule has 0 spiro atoms. The van der Waals surface area contributed by atoms with Gasteiger partial charge in [0.2, 0.25) is 5.91 Å². The molecule has 1 aliphatic carbocycles. The lowest BCUT2D eigenvalue weighted by Crippen LogP contribution is -2.57. The number of carboxylic acids is 1. The minimum atomic E-state index is -1.14. The molecule has 3 rings (SSSR count). The summed E-state index contributed by atoms with van der Waals surface area (Å²) in [5.74, 6) is -1.34. The Morgan fingerprint density at radius 1 is 0.971 bits per heavy atom. The van der Waals surface area contributed by atoms with Crippen molar-refractivity contribution in [3.63, 3.8) is 0 Å². The maximum atomic E-state index is 12.6. The maximum absolute atomic E-state index is 12.6. The smallest absolute Gasteiger partial charge is 0.407 e. The van der Waals surface area contributed by atoms with Gasteiger partial charge in [0.25, 0.3) is 0 Å². The van der Waals surface area contributed by atoms with Gasteiger partial charge in [-0.2, -0.15) is 0 Å². The van der Waals surface area contributed by atoms with Crippen LogP contribution in [-0.2, 0) is 14.3 Å². The molecular weight excluding hydrogens is 444 g/mol. The molecule has 0 saturated carbocycles. The van der Waals surface area contributed by atoms with Crippen LogP contribution in [0.1, 0.15) is 64.5 Å². The molecule has 3 N–H and O–H groups in total. The maximum Gasteiger partial charge on any atom is 0.407 e. The van der Waals surface area contributed by atoms with E-state index in [1.807, 2.05) is 31.2 Å². The van der Waals surface area contributed by atoms with Gasteiger partial charge in [0.15, 0.2) is 0 Å². The van der Waals surface area contributed by atoms with Gasteiger partial charge in [0.05, 0.1) is 5.41 Å². The van der Waals surface area contributed by atoms with Crippen LogP contribution in [0.4, 0.5) is 4.79 Å². The summed E-state index contributed by atoms with van der Waals surface area (Å²) in [5.41, 5.74) is 2.57. The first-order valence-electron chi connectivity index (χ1n) is 12.1. The average Bonchev–Trinajstić information content (AvgIpc) is 3.13. The summed E-state index contributed by atoms with van der Waals surface area (Å²) in [7, 11) is 0. The van der Waals surface area contributed by atoms with Crippen LogP contribution in [0.5, 0.6) is 0 Å². The van der Waals surface area contributed by atoms with Gasteiger partial charge in [-0.3, -0.25) is 9.59 Å². The van der Waals surface area contributed by atoms with Crippen LogP contribution in [0.3, 0.4) is 0 Å². The summed E-state index contributed by atoms with van der Waals surface area (Å²) in [5, 5.41) is 15.1. The van der Waals surface area contributed by atoms with Crippen molar-refractivity contribution in [1.82, 2.24) is 10.6 Å². The van der Waals surface area contributed by atoms with Crippen molar-refractivity contribution in [2.24, 2.45) is 11.3 Å². The lowest BCUT2D eigenvalue weighted by Gasteiger charge is -2.39. The van der Waals surface area contributed by atoms with Crippen molar-refractivity contribution in [1.29, 1.82) is 0 Å². The number of carbonyl (C=O) groups excluding carboxylic acids is 2. The highest BCUT2D eigenvalue weighted by atomic mass is 16.5. The van der Waals surface area contributed by atoms with E-state index < -0.39 is 23.0 Å². The summed E-state index contributed by atoms with van der Waals surface area (Å²) in [4.78, 5) is 36.7. The molecule has 188 valence electrons. The zero-order valence-corrected chi connectivity index (χ0v) is 21.2. The van der Waals surface area contributed by atoms with Crippen molar-refractivity contribution < 1.29 is 24.2 Å². The first kappa shape index (κ1) is 26.3. The van der Waals surface area contributed by atoms with Crippen molar-refractivity contribution in [3.05, 3.63) is 59.7 Å². The van der Waals surface area contributed by atoms with Gasteiger partial charge in [-0.05, 0) is 55.9 Å². The average molecular weight is 481 g/mol. The minimum absolute atomic E-state index is 0.0132. The van der Waals surface area contributed by atoms with Crippen molar-refractivity contribution >= 4 is 18.0 Å². The van der Waals surface area contributed by atoms with Crippen LogP contribution in [0.25, 0.3) is 11.1 Å². The second-order valence-corrected chi connectivity index (χ2v) is 10.3. The summed E-state index contributed by atoms with van der Waals surface area (Å²) >= 11 is 0. The van der Waals surface area contributed by atoms with E-state index in [4.69, 9.17) is 4.74 Å². The molecule has 0 aliphatic heterocycles. The lowest BCUT2D eigenvalue weighted by atomic mass is 9.74. The molecule has 0 fully saturated rings. The number of hydrogen-bond acceptors (Lipinski definition) is 4. The Bertz CT molecular complexity index is 1050. The van der Waals surface area contributed by atoms with Gasteiger partial charge in [-0.25, -0.2) is 4.79 Å². The molecule has 0 saturated heterocycles. The molecule has 0 radical (unpaired) electrons. The fourth-order valence-electron chi connectivity index (χ4n) is 4.32. The van der Waals surface area contributed by atoms with E-state index in [1.165, 1.54) is 11.1 Å². The molecule has 1 unspecified atom stereocenters. The topological polar surface area (TPSA) is 105 Å². The zero-order valence-electron chi connectivity index (χ0n) is 21.2. The lowest BCUT2D eigenvalue weighted by molar-refractivity contribution is -0.151. The van der Waals surface area contributed by atoms with Gasteiger partial charge in [-0.1, -0.05) is 61.9 Å². The Labute approximate surface area is 207 Å². The molecule has 7 heteroatoms. The first-order chi connectivity index (χ1) is 16.5. The summed E-state index contributed by atoms with van der Waals surface area (Å²) < 4.78 is 5.58. The second kappa shape index (κ2) is 10.5. The van der Waals surface area contributed by atoms with Gasteiger partial charge in [0.1, 0.15) is 6.61 Å². The largest absolute Gasteiger partial charge is 0.481 e. The number of carboxylic acid groups (broad SMARTS) is 1. The molecule has 1 atom stereocenters. The highest BCUT2D eigenvalue weighted by Crippen LogP contribution is 2.44. The normalized spacial score (nSPS) is 14.0. The van der Waals surface area contributed by atoms with E-state index in [9.17, 15) is 19.5 Å². The molecule has 2 aromatic carbocycles. The predicted molar refractivity (Wildman–Crippen MR) is 135 cm³/mol. The number of aliphatic carboxylic acids is 1. The van der Waals surface area contributed by atoms with E-state index in [-0.39, 0.29) is 30.8 Å². The minimum Gasteiger partial charge on any atom is -0.481 e. The number of alkyl carbamates (subject to hydrolysis) is 1. The Hall–Kier alpha value is -3.35. The Morgan fingerprint density at radius 2 is 1.51 bits per heavy atom. The Balaban J connectivity index is 1.52. The van der Waals surface area contributed by atoms with E-state index in [0.29, 0.717) is 13.0 Å². The van der Waals surface area contributed by atoms with Crippen LogP contribution in [-0.4, -0.2) is 41.8 Å². The zero-order chi connectivity index (χ0) is 25.8. The number of ether oxygens (including phenoxy) is 1. The van der Waals surface area contributed by atoms with Crippen molar-refractivity contribution in [2.45, 2.75) is 58.9 Å². The molecule has 0 heterocycles. The molecule has 35 heavy (non-hydrogen) atoms. The van der Waals surface area contributed by atoms with E-state index in [1.54, 1.807) is 27.7 Å². The molecular formula is C28H36N2O5. The van der Waals surface area contributed by atoms with Gasteiger partial charge < -0.3 is 20.5 Å². The standard InChI is InChI=1S/C28H36N2O5/c1-6-18(15-24(31)30-28(4,5)27(2,3)25(32)33)16-29-26(34)35-17-23-21-13-9-7-11-19(21)20-12-8-10-14-22(20)23/h7-14,18,23H,6,15-17H2,1-5H3,(H,29,34)(H,30,31)(H,32,33). The number of carbonyl (C=O) groups is 3. The third kappa shape index (κ3) is 5.66. The Morgan fingerprint density at radius 3 is 2.03 bits per heavy atom. The number of fused-ring (bicyclic) bond motifs is 3. The third-order valence-corrected chi connectivity index (χ3v) is 7.48. The number of rotatable bonds is 10. The fourth-order valence-corrected chi connectivity index (χ4v) is 4.32. The highest BCUT2D eigenvalue weighted by molar-refractivity contribution is 5.81. The van der Waals surface area contributed by atoms with Gasteiger partial charge in [0, 0.05) is 24.4 Å². The number of nitrogens with one attached hydrogen (secondary N) is 2. The number of amides is 2. The van der Waals surface area contributed by atoms with Gasteiger partial charge in [-0.15, -0.1) is 0 Å². The molecule has 2 amide bonds. The van der Waals surface area contributed by atoms with E-state index >= 15 is 0 Å². The molecule has 2 aromatic rings. The molecule has 7 nitrogen and oxygen atoms in total. The quantitative estimate of drug-likeness (QED) is 0.446. The number of hydrogen-bond donors (Lipinski definition) is 3. The summed E-state index contributed by atoms with van der Waals surface area (Å²) in [6, 6.07) is 16.3. The monoisotopic (exact) mass is 480 g/mol. The SMILES string of the molecule is CCC(CNC(=O)OCC1c2ccccc2-c2ccccc21)CC(=O)NC(C)(C)C(C)(C)C(=O)O. The van der Waals surface area contributed by atoms with Crippen LogP contribution in [0.2, 0.25) is 0 Å².